The van der Waals surface area contributed by atoms with E-state index in [0.29, 0.717) is 11.6 Å². The third kappa shape index (κ3) is 3.11. The minimum atomic E-state index is -0.334. The van der Waals surface area contributed by atoms with Crippen molar-refractivity contribution in [3.63, 3.8) is 0 Å². The van der Waals surface area contributed by atoms with E-state index in [1.165, 1.54) is 5.56 Å². The molecule has 0 aromatic heterocycles. The van der Waals surface area contributed by atoms with E-state index in [2.05, 4.69) is 49.7 Å². The largest absolute Gasteiger partial charge is 0.496 e. The molecule has 25 heavy (non-hydrogen) atoms. The Labute approximate surface area is 150 Å². The quantitative estimate of drug-likeness (QED) is 0.618. The Morgan fingerprint density at radius 2 is 2.16 bits per heavy atom. The first-order valence-corrected chi connectivity index (χ1v) is 8.79. The molecule has 1 aromatic rings. The van der Waals surface area contributed by atoms with Crippen LogP contribution >= 0.6 is 0 Å². The summed E-state index contributed by atoms with van der Waals surface area (Å²) in [6, 6.07) is 6.84. The fraction of sp³-hybridized carbons (Fsp3) is 0.476. The predicted molar refractivity (Wildman–Crippen MR) is 98.7 cm³/mol. The molecular formula is C21H27NO3. The average Bonchev–Trinajstić information content (AvgIpc) is 2.92. The van der Waals surface area contributed by atoms with E-state index in [-0.39, 0.29) is 11.4 Å². The second-order valence-electron chi connectivity index (χ2n) is 7.34. The van der Waals surface area contributed by atoms with Crippen LogP contribution in [0, 0.1) is 6.92 Å². The van der Waals surface area contributed by atoms with E-state index in [4.69, 9.17) is 9.47 Å². The fourth-order valence-electron chi connectivity index (χ4n) is 4.21. The van der Waals surface area contributed by atoms with Gasteiger partial charge in [0.05, 0.1) is 7.11 Å². The maximum Gasteiger partial charge on any atom is 0.338 e. The molecule has 2 aliphatic rings. The molecule has 1 aliphatic heterocycles. The number of fused-ring (bicyclic) bond motifs is 1. The number of carbonyl (C=O) groups excluding carboxylic acids is 1. The van der Waals surface area contributed by atoms with Gasteiger partial charge in [-0.3, -0.25) is 0 Å². The summed E-state index contributed by atoms with van der Waals surface area (Å²) in [7, 11) is 3.87. The summed E-state index contributed by atoms with van der Waals surface area (Å²) in [6.07, 6.45) is 4.83. The van der Waals surface area contributed by atoms with Gasteiger partial charge in [-0.1, -0.05) is 18.7 Å². The number of hydrogen-bond donors (Lipinski definition) is 0. The number of likely N-dealkylation sites (tertiary alicyclic amines) is 1. The first-order chi connectivity index (χ1) is 11.9. The van der Waals surface area contributed by atoms with Gasteiger partial charge in [0.25, 0.3) is 0 Å². The first-order valence-electron chi connectivity index (χ1n) is 8.79. The van der Waals surface area contributed by atoms with Crippen LogP contribution in [0.25, 0.3) is 0 Å². The number of methoxy groups -OCH3 is 1. The lowest BCUT2D eigenvalue weighted by Gasteiger charge is -2.40. The summed E-state index contributed by atoms with van der Waals surface area (Å²) >= 11 is 0. The van der Waals surface area contributed by atoms with Crippen molar-refractivity contribution in [3.8, 4) is 5.75 Å². The minimum Gasteiger partial charge on any atom is -0.496 e. The van der Waals surface area contributed by atoms with Crippen molar-refractivity contribution in [1.29, 1.82) is 0 Å². The van der Waals surface area contributed by atoms with Gasteiger partial charge in [-0.05, 0) is 63.6 Å². The molecule has 2 unspecified atom stereocenters. The van der Waals surface area contributed by atoms with Gasteiger partial charge in [-0.2, -0.15) is 0 Å². The number of nitrogens with zero attached hydrogens (tertiary/aromatic N) is 1. The average molecular weight is 341 g/mol. The maximum atomic E-state index is 11.9. The van der Waals surface area contributed by atoms with Crippen LogP contribution in [0.2, 0.25) is 0 Å². The number of ether oxygens (including phenoxy) is 2. The van der Waals surface area contributed by atoms with Gasteiger partial charge in [0.15, 0.2) is 0 Å². The Hall–Kier alpha value is -2.07. The zero-order valence-electron chi connectivity index (χ0n) is 15.6. The van der Waals surface area contributed by atoms with Gasteiger partial charge in [-0.25, -0.2) is 4.79 Å². The molecule has 1 heterocycles. The molecule has 1 aromatic carbocycles. The molecule has 0 radical (unpaired) electrons. The maximum absolute atomic E-state index is 11.9. The molecule has 1 fully saturated rings. The van der Waals surface area contributed by atoms with Crippen LogP contribution in [0.1, 0.15) is 37.3 Å². The van der Waals surface area contributed by atoms with Gasteiger partial charge in [-0.15, -0.1) is 0 Å². The Morgan fingerprint density at radius 3 is 2.80 bits per heavy atom. The van der Waals surface area contributed by atoms with Crippen molar-refractivity contribution < 1.29 is 14.3 Å². The lowest BCUT2D eigenvalue weighted by atomic mass is 9.68. The fourth-order valence-corrected chi connectivity index (χ4v) is 4.21. The molecule has 0 amide bonds. The third-order valence-corrected chi connectivity index (χ3v) is 5.71. The van der Waals surface area contributed by atoms with E-state index in [1.54, 1.807) is 14.0 Å². The topological polar surface area (TPSA) is 38.8 Å². The monoisotopic (exact) mass is 341 g/mol. The summed E-state index contributed by atoms with van der Waals surface area (Å²) in [5, 5.41) is 0. The first kappa shape index (κ1) is 17.7. The molecular weight excluding hydrogens is 314 g/mol. The summed E-state index contributed by atoms with van der Waals surface area (Å²) in [4.78, 5) is 14.2. The van der Waals surface area contributed by atoms with Gasteiger partial charge in [0.2, 0.25) is 0 Å². The van der Waals surface area contributed by atoms with Crippen LogP contribution in [0.15, 0.2) is 42.2 Å². The molecule has 134 valence electrons. The third-order valence-electron chi connectivity index (χ3n) is 5.71. The zero-order valence-corrected chi connectivity index (χ0v) is 15.6. The van der Waals surface area contributed by atoms with Crippen molar-refractivity contribution in [2.24, 2.45) is 0 Å². The van der Waals surface area contributed by atoms with E-state index in [0.717, 1.165) is 42.9 Å². The van der Waals surface area contributed by atoms with Crippen molar-refractivity contribution in [1.82, 2.24) is 4.90 Å². The second kappa shape index (κ2) is 6.68. The Bertz CT molecular complexity index is 737. The van der Waals surface area contributed by atoms with Crippen LogP contribution < -0.4 is 4.74 Å². The smallest absolute Gasteiger partial charge is 0.338 e. The molecule has 0 N–H and O–H groups in total. The highest BCUT2D eigenvalue weighted by Gasteiger charge is 2.49. The van der Waals surface area contributed by atoms with Gasteiger partial charge in [0.1, 0.15) is 11.5 Å². The number of hydrogen-bond acceptors (Lipinski definition) is 4. The van der Waals surface area contributed by atoms with Crippen molar-refractivity contribution in [2.45, 2.75) is 44.6 Å². The number of carbonyl (C=O) groups is 1. The summed E-state index contributed by atoms with van der Waals surface area (Å²) in [5.74, 6) is 1.36. The Kier molecular flexibility index (Phi) is 4.74. The highest BCUT2D eigenvalue weighted by molar-refractivity contribution is 5.87. The van der Waals surface area contributed by atoms with Crippen LogP contribution in [-0.4, -0.2) is 37.6 Å². The van der Waals surface area contributed by atoms with E-state index >= 15 is 0 Å². The molecule has 2 atom stereocenters. The van der Waals surface area contributed by atoms with E-state index < -0.39 is 0 Å². The van der Waals surface area contributed by atoms with Crippen molar-refractivity contribution in [3.05, 3.63) is 53.3 Å². The minimum absolute atomic E-state index is 0.0743. The molecule has 0 saturated carbocycles. The molecule has 1 saturated heterocycles. The lowest BCUT2D eigenvalue weighted by molar-refractivity contribution is -0.135. The number of esters is 1. The van der Waals surface area contributed by atoms with Gasteiger partial charge < -0.3 is 14.4 Å². The van der Waals surface area contributed by atoms with Crippen LogP contribution in [0.4, 0.5) is 0 Å². The molecule has 0 spiro atoms. The summed E-state index contributed by atoms with van der Waals surface area (Å²) in [5.41, 5.74) is 3.02. The number of aryl methyl sites for hydroxylation is 1. The summed E-state index contributed by atoms with van der Waals surface area (Å²) in [6.45, 7) is 8.48. The van der Waals surface area contributed by atoms with Gasteiger partial charge >= 0.3 is 5.97 Å². The lowest BCUT2D eigenvalue weighted by Crippen LogP contribution is -2.43. The summed E-state index contributed by atoms with van der Waals surface area (Å²) < 4.78 is 10.9. The van der Waals surface area contributed by atoms with Gasteiger partial charge in [0, 0.05) is 23.5 Å². The number of allylic oxidation sites excluding steroid dienone is 1. The standard InChI is InChI=1S/C21H27NO3/c1-14(2)20(23)25-17-8-9-21(10-11-22(4)19(21)13-17)16-6-7-18(24-5)15(3)12-16/h6-8,12,19H,1,9-11,13H2,2-5H3. The zero-order chi connectivity index (χ0) is 18.2. The van der Waals surface area contributed by atoms with E-state index in [9.17, 15) is 4.79 Å². The number of likely N-dealkylation sites (N-methyl/N-ethyl adjacent to an activating group) is 1. The highest BCUT2D eigenvalue weighted by Crippen LogP contribution is 2.48. The molecule has 0 bridgehead atoms. The SMILES string of the molecule is C=C(C)C(=O)OC1=CCC2(c3ccc(OC)c(C)c3)CCN(C)C2C1. The normalized spacial score (nSPS) is 25.9. The second-order valence-corrected chi connectivity index (χ2v) is 7.34. The predicted octanol–water partition coefficient (Wildman–Crippen LogP) is 3.74. The van der Waals surface area contributed by atoms with Crippen molar-refractivity contribution >= 4 is 5.97 Å². The van der Waals surface area contributed by atoms with Crippen molar-refractivity contribution in [2.75, 3.05) is 20.7 Å². The van der Waals surface area contributed by atoms with Crippen LogP contribution in [0.3, 0.4) is 0 Å². The Morgan fingerprint density at radius 1 is 1.40 bits per heavy atom. The molecule has 4 heteroatoms. The molecule has 1 aliphatic carbocycles. The molecule has 3 rings (SSSR count). The van der Waals surface area contributed by atoms with Crippen LogP contribution in [0.5, 0.6) is 5.75 Å². The number of benzene rings is 1. The number of rotatable bonds is 4. The Balaban J connectivity index is 1.92. The van der Waals surface area contributed by atoms with E-state index in [1.807, 2.05) is 0 Å². The molecule has 4 nitrogen and oxygen atoms in total. The highest BCUT2D eigenvalue weighted by atomic mass is 16.5. The van der Waals surface area contributed by atoms with Crippen LogP contribution in [-0.2, 0) is 14.9 Å².